The van der Waals surface area contributed by atoms with Crippen LogP contribution in [0.25, 0.3) is 0 Å². The molecule has 1 heterocycles. The second kappa shape index (κ2) is 4.46. The summed E-state index contributed by atoms with van der Waals surface area (Å²) in [6.07, 6.45) is 0.564. The van der Waals surface area contributed by atoms with E-state index in [1.165, 1.54) is 0 Å². The fourth-order valence-corrected chi connectivity index (χ4v) is 1.54. The summed E-state index contributed by atoms with van der Waals surface area (Å²) in [6, 6.07) is -0.104. The Hall–Kier alpha value is -0.770. The van der Waals surface area contributed by atoms with Gasteiger partial charge < -0.3 is 14.7 Å². The predicted molar refractivity (Wildman–Crippen MR) is 48.4 cm³/mol. The summed E-state index contributed by atoms with van der Waals surface area (Å²) in [7, 11) is 0. The van der Waals surface area contributed by atoms with E-state index in [0.29, 0.717) is 13.2 Å². The van der Waals surface area contributed by atoms with Crippen LogP contribution in [-0.2, 0) is 4.74 Å². The number of hydrogen-bond acceptors (Lipinski definition) is 3. The number of aliphatic hydroxyl groups excluding tert-OH is 1. The highest BCUT2D eigenvalue weighted by Gasteiger charge is 2.28. The molecule has 1 saturated heterocycles. The Labute approximate surface area is 78.5 Å². The molecule has 0 spiro atoms. The Balaban J connectivity index is 2.60. The Kier molecular flexibility index (Phi) is 3.54. The first-order valence-corrected chi connectivity index (χ1v) is 4.71. The van der Waals surface area contributed by atoms with Gasteiger partial charge in [-0.1, -0.05) is 13.8 Å². The second-order valence-corrected chi connectivity index (χ2v) is 3.66. The molecule has 1 rings (SSSR count). The van der Waals surface area contributed by atoms with Crippen LogP contribution in [0.15, 0.2) is 0 Å². The highest BCUT2D eigenvalue weighted by molar-refractivity contribution is 5.68. The maximum Gasteiger partial charge on any atom is 0.410 e. The van der Waals surface area contributed by atoms with Crippen LogP contribution >= 0.6 is 0 Å². The van der Waals surface area contributed by atoms with Gasteiger partial charge in [-0.25, -0.2) is 4.79 Å². The maximum atomic E-state index is 11.3. The van der Waals surface area contributed by atoms with E-state index in [9.17, 15) is 4.79 Å². The van der Waals surface area contributed by atoms with Crippen molar-refractivity contribution < 1.29 is 14.6 Å². The number of amides is 1. The summed E-state index contributed by atoms with van der Waals surface area (Å²) in [6.45, 7) is 5.19. The molecule has 1 amide bonds. The normalized spacial score (nSPS) is 20.3. The van der Waals surface area contributed by atoms with Crippen molar-refractivity contribution in [2.75, 3.05) is 19.8 Å². The minimum atomic E-state index is -0.293. The number of ether oxygens (including phenoxy) is 1. The van der Waals surface area contributed by atoms with Gasteiger partial charge in [-0.15, -0.1) is 0 Å². The minimum absolute atomic E-state index is 0.00671. The zero-order chi connectivity index (χ0) is 9.84. The topological polar surface area (TPSA) is 49.8 Å². The van der Waals surface area contributed by atoms with Crippen molar-refractivity contribution in [3.8, 4) is 0 Å². The molecule has 76 valence electrons. The molecule has 1 atom stereocenters. The van der Waals surface area contributed by atoms with Gasteiger partial charge in [-0.05, 0) is 12.3 Å². The first kappa shape index (κ1) is 10.3. The molecular weight excluding hydrogens is 170 g/mol. The number of carbonyl (C=O) groups excluding carboxylic acids is 1. The molecule has 1 unspecified atom stereocenters. The summed E-state index contributed by atoms with van der Waals surface area (Å²) < 4.78 is 4.90. The number of hydrogen-bond donors (Lipinski definition) is 1. The molecular formula is C9H17NO3. The molecule has 0 bridgehead atoms. The van der Waals surface area contributed by atoms with Crippen LogP contribution < -0.4 is 0 Å². The Morgan fingerprint density at radius 1 is 1.62 bits per heavy atom. The number of cyclic esters (lactones) is 1. The molecule has 13 heavy (non-hydrogen) atoms. The van der Waals surface area contributed by atoms with Crippen LogP contribution in [-0.4, -0.2) is 41.9 Å². The molecule has 0 aliphatic carbocycles. The van der Waals surface area contributed by atoms with Crippen molar-refractivity contribution >= 4 is 6.09 Å². The molecule has 0 aromatic heterocycles. The van der Waals surface area contributed by atoms with E-state index in [1.54, 1.807) is 4.90 Å². The SMILES string of the molecule is CC(C)C(CO)N1CCCOC1=O. The Morgan fingerprint density at radius 2 is 2.31 bits per heavy atom. The van der Waals surface area contributed by atoms with E-state index in [1.807, 2.05) is 13.8 Å². The summed E-state index contributed by atoms with van der Waals surface area (Å²) >= 11 is 0. The van der Waals surface area contributed by atoms with E-state index < -0.39 is 0 Å². The highest BCUT2D eigenvalue weighted by Crippen LogP contribution is 2.15. The zero-order valence-corrected chi connectivity index (χ0v) is 8.19. The van der Waals surface area contributed by atoms with Crippen LogP contribution in [0, 0.1) is 5.92 Å². The van der Waals surface area contributed by atoms with E-state index in [2.05, 4.69) is 0 Å². The van der Waals surface area contributed by atoms with Crippen molar-refractivity contribution in [3.05, 3.63) is 0 Å². The molecule has 1 aliphatic rings. The van der Waals surface area contributed by atoms with Gasteiger partial charge in [-0.3, -0.25) is 0 Å². The third-order valence-electron chi connectivity index (χ3n) is 2.36. The maximum absolute atomic E-state index is 11.3. The summed E-state index contributed by atoms with van der Waals surface area (Å²) in [4.78, 5) is 12.9. The van der Waals surface area contributed by atoms with Gasteiger partial charge in [0.25, 0.3) is 0 Å². The second-order valence-electron chi connectivity index (χ2n) is 3.66. The van der Waals surface area contributed by atoms with Gasteiger partial charge in [0.2, 0.25) is 0 Å². The lowest BCUT2D eigenvalue weighted by Gasteiger charge is -2.34. The van der Waals surface area contributed by atoms with Gasteiger partial charge in [0.1, 0.15) is 0 Å². The summed E-state index contributed by atoms with van der Waals surface area (Å²) in [5.41, 5.74) is 0. The standard InChI is InChI=1S/C9H17NO3/c1-7(2)8(6-11)10-4-3-5-13-9(10)12/h7-8,11H,3-6H2,1-2H3. The number of nitrogens with zero attached hydrogens (tertiary/aromatic N) is 1. The molecule has 0 aromatic carbocycles. The molecule has 0 aromatic rings. The Morgan fingerprint density at radius 3 is 2.77 bits per heavy atom. The van der Waals surface area contributed by atoms with Gasteiger partial charge in [0, 0.05) is 6.54 Å². The minimum Gasteiger partial charge on any atom is -0.449 e. The number of carbonyl (C=O) groups is 1. The first-order chi connectivity index (χ1) is 6.16. The molecule has 1 N–H and O–H groups in total. The number of rotatable bonds is 3. The lowest BCUT2D eigenvalue weighted by Crippen LogP contribution is -2.48. The van der Waals surface area contributed by atoms with Gasteiger partial charge in [0.05, 0.1) is 19.3 Å². The van der Waals surface area contributed by atoms with E-state index in [-0.39, 0.29) is 24.7 Å². The first-order valence-electron chi connectivity index (χ1n) is 4.71. The Bertz CT molecular complexity index is 182. The molecule has 4 heteroatoms. The number of aliphatic hydroxyl groups is 1. The third-order valence-corrected chi connectivity index (χ3v) is 2.36. The molecule has 1 fully saturated rings. The molecule has 4 nitrogen and oxygen atoms in total. The van der Waals surface area contributed by atoms with Gasteiger partial charge >= 0.3 is 6.09 Å². The average Bonchev–Trinajstić information content (AvgIpc) is 2.09. The summed E-state index contributed by atoms with van der Waals surface area (Å²) in [5, 5.41) is 9.12. The lowest BCUT2D eigenvalue weighted by atomic mass is 10.0. The van der Waals surface area contributed by atoms with E-state index in [0.717, 1.165) is 6.42 Å². The quantitative estimate of drug-likeness (QED) is 0.712. The van der Waals surface area contributed by atoms with Crippen LogP contribution in [0.5, 0.6) is 0 Å². The van der Waals surface area contributed by atoms with Crippen molar-refractivity contribution in [1.29, 1.82) is 0 Å². The smallest absolute Gasteiger partial charge is 0.410 e. The van der Waals surface area contributed by atoms with Crippen molar-refractivity contribution in [3.63, 3.8) is 0 Å². The van der Waals surface area contributed by atoms with Crippen LogP contribution in [0.1, 0.15) is 20.3 Å². The largest absolute Gasteiger partial charge is 0.449 e. The van der Waals surface area contributed by atoms with Crippen LogP contribution in [0.2, 0.25) is 0 Å². The zero-order valence-electron chi connectivity index (χ0n) is 8.19. The monoisotopic (exact) mass is 187 g/mol. The average molecular weight is 187 g/mol. The summed E-state index contributed by atoms with van der Waals surface area (Å²) in [5.74, 6) is 0.260. The van der Waals surface area contributed by atoms with E-state index >= 15 is 0 Å². The molecule has 0 radical (unpaired) electrons. The predicted octanol–water partition coefficient (Wildman–Crippen LogP) is 0.846. The molecule has 0 saturated carbocycles. The van der Waals surface area contributed by atoms with E-state index in [4.69, 9.17) is 9.84 Å². The van der Waals surface area contributed by atoms with Crippen molar-refractivity contribution in [2.45, 2.75) is 26.3 Å². The third kappa shape index (κ3) is 2.34. The van der Waals surface area contributed by atoms with Gasteiger partial charge in [0.15, 0.2) is 0 Å². The highest BCUT2D eigenvalue weighted by atomic mass is 16.6. The van der Waals surface area contributed by atoms with Crippen LogP contribution in [0.3, 0.4) is 0 Å². The fraction of sp³-hybridized carbons (Fsp3) is 0.889. The van der Waals surface area contributed by atoms with Crippen LogP contribution in [0.4, 0.5) is 4.79 Å². The molecule has 1 aliphatic heterocycles. The van der Waals surface area contributed by atoms with Gasteiger partial charge in [-0.2, -0.15) is 0 Å². The van der Waals surface area contributed by atoms with Crippen molar-refractivity contribution in [2.24, 2.45) is 5.92 Å². The fourth-order valence-electron chi connectivity index (χ4n) is 1.54. The van der Waals surface area contributed by atoms with Crippen molar-refractivity contribution in [1.82, 2.24) is 4.90 Å². The lowest BCUT2D eigenvalue weighted by molar-refractivity contribution is 0.0280.